The van der Waals surface area contributed by atoms with Gasteiger partial charge < -0.3 is 0 Å². The Hall–Kier alpha value is -0.920. The number of aromatic nitrogens is 2. The van der Waals surface area contributed by atoms with Gasteiger partial charge in [0.2, 0.25) is 0 Å². The maximum Gasteiger partial charge on any atom is 0.125 e. The molecular weight excluding hydrogens is 304 g/mol. The van der Waals surface area contributed by atoms with Crippen molar-refractivity contribution in [1.29, 1.82) is 0 Å². The highest BCUT2D eigenvalue weighted by atomic mass is 14.8. The van der Waals surface area contributed by atoms with E-state index in [0.29, 0.717) is 0 Å². The molecule has 0 aliphatic heterocycles. The van der Waals surface area contributed by atoms with Gasteiger partial charge in [0.05, 0.1) is 0 Å². The summed E-state index contributed by atoms with van der Waals surface area (Å²) in [5.74, 6) is 3.55. The summed E-state index contributed by atoms with van der Waals surface area (Å²) in [6.45, 7) is 23.8. The lowest BCUT2D eigenvalue weighted by atomic mass is 9.98. The predicted octanol–water partition coefficient (Wildman–Crippen LogP) is 7.89. The molecule has 0 spiro atoms. The van der Waals surface area contributed by atoms with Crippen LogP contribution in [0.4, 0.5) is 0 Å². The van der Waals surface area contributed by atoms with Crippen molar-refractivity contribution in [1.82, 2.24) is 9.97 Å². The zero-order valence-electron chi connectivity index (χ0n) is 19.3. The summed E-state index contributed by atoms with van der Waals surface area (Å²) in [6, 6.07) is 0. The first-order chi connectivity index (χ1) is 11.8. The van der Waals surface area contributed by atoms with Crippen LogP contribution in [0.25, 0.3) is 0 Å². The molecule has 0 fully saturated rings. The lowest BCUT2D eigenvalue weighted by Gasteiger charge is -2.09. The lowest BCUT2D eigenvalue weighted by molar-refractivity contribution is 0.441. The zero-order chi connectivity index (χ0) is 20.3. The van der Waals surface area contributed by atoms with Crippen molar-refractivity contribution in [2.75, 3.05) is 0 Å². The van der Waals surface area contributed by atoms with Gasteiger partial charge in [-0.05, 0) is 36.7 Å². The summed E-state index contributed by atoms with van der Waals surface area (Å²) in [5, 5.41) is 0. The summed E-state index contributed by atoms with van der Waals surface area (Å²) in [6.07, 6.45) is 10.2. The van der Waals surface area contributed by atoms with E-state index in [0.717, 1.165) is 30.0 Å². The van der Waals surface area contributed by atoms with Crippen molar-refractivity contribution < 1.29 is 0 Å². The summed E-state index contributed by atoms with van der Waals surface area (Å²) in [4.78, 5) is 8.08. The highest BCUT2D eigenvalue weighted by Crippen LogP contribution is 2.13. The molecular formula is C23H48N2. The normalized spacial score (nSPS) is 10.8. The molecule has 2 heteroatoms. The number of nitrogens with zero attached hydrogens (tertiary/aromatic N) is 2. The molecule has 0 amide bonds. The van der Waals surface area contributed by atoms with Gasteiger partial charge in [-0.25, -0.2) is 9.97 Å². The smallest absolute Gasteiger partial charge is 0.125 e. The van der Waals surface area contributed by atoms with Crippen LogP contribution >= 0.6 is 0 Å². The molecule has 1 heterocycles. The number of aryl methyl sites for hydroxylation is 2. The van der Waals surface area contributed by atoms with Crippen LogP contribution in [0.5, 0.6) is 0 Å². The van der Waals surface area contributed by atoms with Crippen molar-refractivity contribution in [3.63, 3.8) is 0 Å². The van der Waals surface area contributed by atoms with Gasteiger partial charge in [0.1, 0.15) is 5.82 Å². The Morgan fingerprint density at radius 2 is 1.20 bits per heavy atom. The van der Waals surface area contributed by atoms with Crippen LogP contribution in [0.2, 0.25) is 0 Å². The molecule has 1 rings (SSSR count). The van der Waals surface area contributed by atoms with Gasteiger partial charge in [-0.15, -0.1) is 0 Å². The second-order valence-electron chi connectivity index (χ2n) is 7.28. The van der Waals surface area contributed by atoms with Crippen LogP contribution in [0, 0.1) is 24.7 Å². The predicted molar refractivity (Wildman–Crippen MR) is 116 cm³/mol. The molecule has 0 aliphatic rings. The van der Waals surface area contributed by atoms with Gasteiger partial charge in [0.15, 0.2) is 0 Å². The molecule has 150 valence electrons. The molecule has 2 nitrogen and oxygen atoms in total. The molecule has 0 N–H and O–H groups in total. The van der Waals surface area contributed by atoms with Gasteiger partial charge in [0, 0.05) is 12.4 Å². The minimum absolute atomic E-state index is 0.840. The Morgan fingerprint density at radius 3 is 1.48 bits per heavy atom. The van der Waals surface area contributed by atoms with Crippen LogP contribution in [-0.4, -0.2) is 9.97 Å². The molecule has 0 aromatic carbocycles. The quantitative estimate of drug-likeness (QED) is 0.520. The van der Waals surface area contributed by atoms with E-state index >= 15 is 0 Å². The van der Waals surface area contributed by atoms with E-state index < -0.39 is 0 Å². The highest BCUT2D eigenvalue weighted by Gasteiger charge is 1.99. The summed E-state index contributed by atoms with van der Waals surface area (Å²) >= 11 is 0. The van der Waals surface area contributed by atoms with Crippen molar-refractivity contribution in [3.8, 4) is 0 Å². The largest absolute Gasteiger partial charge is 0.241 e. The minimum Gasteiger partial charge on any atom is -0.241 e. The summed E-state index contributed by atoms with van der Waals surface area (Å²) < 4.78 is 0. The van der Waals surface area contributed by atoms with Crippen LogP contribution in [0.15, 0.2) is 12.4 Å². The van der Waals surface area contributed by atoms with Crippen LogP contribution < -0.4 is 0 Å². The third-order valence-corrected chi connectivity index (χ3v) is 3.99. The Bertz CT molecular complexity index is 342. The third kappa shape index (κ3) is 25.4. The van der Waals surface area contributed by atoms with Crippen LogP contribution in [0.3, 0.4) is 0 Å². The van der Waals surface area contributed by atoms with E-state index in [2.05, 4.69) is 65.4 Å². The molecule has 0 radical (unpaired) electrons. The van der Waals surface area contributed by atoms with E-state index in [1.54, 1.807) is 0 Å². The molecule has 0 saturated heterocycles. The first-order valence-corrected chi connectivity index (χ1v) is 10.5. The number of hydrogen-bond donors (Lipinski definition) is 0. The first-order valence-electron chi connectivity index (χ1n) is 10.5. The fourth-order valence-electron chi connectivity index (χ4n) is 1.42. The molecule has 1 atom stereocenters. The molecule has 1 unspecified atom stereocenters. The summed E-state index contributed by atoms with van der Waals surface area (Å²) in [5.41, 5.74) is 1.20. The Kier molecular flexibility index (Phi) is 24.4. The van der Waals surface area contributed by atoms with Crippen molar-refractivity contribution in [2.45, 2.75) is 108 Å². The fraction of sp³-hybridized carbons (Fsp3) is 0.826. The van der Waals surface area contributed by atoms with Gasteiger partial charge in [0.25, 0.3) is 0 Å². The molecule has 1 aromatic heterocycles. The molecule has 0 bridgehead atoms. The Labute approximate surface area is 160 Å². The van der Waals surface area contributed by atoms with Gasteiger partial charge in [-0.3, -0.25) is 0 Å². The van der Waals surface area contributed by atoms with Crippen molar-refractivity contribution >= 4 is 0 Å². The molecule has 0 aliphatic carbocycles. The SMILES string of the molecule is CC.CCC(C)C.CCC(C)CCC(C)C.CCc1cnc(C)nc1. The van der Waals surface area contributed by atoms with E-state index in [1.807, 2.05) is 33.2 Å². The number of hydrogen-bond acceptors (Lipinski definition) is 2. The average Bonchev–Trinajstić information content (AvgIpc) is 2.63. The highest BCUT2D eigenvalue weighted by molar-refractivity contribution is 5.03. The Morgan fingerprint density at radius 1 is 0.760 bits per heavy atom. The van der Waals surface area contributed by atoms with E-state index in [4.69, 9.17) is 0 Å². The molecule has 25 heavy (non-hydrogen) atoms. The first kappa shape index (κ1) is 28.9. The average molecular weight is 353 g/mol. The van der Waals surface area contributed by atoms with Gasteiger partial charge >= 0.3 is 0 Å². The zero-order valence-corrected chi connectivity index (χ0v) is 19.3. The van der Waals surface area contributed by atoms with Gasteiger partial charge in [-0.2, -0.15) is 0 Å². The van der Waals surface area contributed by atoms with Crippen LogP contribution in [-0.2, 0) is 6.42 Å². The monoisotopic (exact) mass is 352 g/mol. The second-order valence-corrected chi connectivity index (χ2v) is 7.28. The summed E-state index contributed by atoms with van der Waals surface area (Å²) in [7, 11) is 0. The van der Waals surface area contributed by atoms with E-state index in [-0.39, 0.29) is 0 Å². The maximum absolute atomic E-state index is 4.04. The van der Waals surface area contributed by atoms with Crippen molar-refractivity contribution in [2.24, 2.45) is 17.8 Å². The van der Waals surface area contributed by atoms with Crippen LogP contribution in [0.1, 0.15) is 106 Å². The second kappa shape index (κ2) is 21.1. The third-order valence-electron chi connectivity index (χ3n) is 3.99. The number of rotatable bonds is 6. The van der Waals surface area contributed by atoms with Crippen molar-refractivity contribution in [3.05, 3.63) is 23.8 Å². The van der Waals surface area contributed by atoms with E-state index in [9.17, 15) is 0 Å². The Balaban J connectivity index is -0.000000287. The standard InChI is InChI=1S/C9H20.C7H10N2.C5H12.C2H6/c1-5-9(4)7-6-8(2)3;1-3-7-4-8-6(2)9-5-7;1-4-5(2)3;1-2/h8-9H,5-7H2,1-4H3;4-5H,3H2,1-2H3;5H,4H2,1-3H3;1-2H3. The van der Waals surface area contributed by atoms with E-state index in [1.165, 1.54) is 31.2 Å². The minimum atomic E-state index is 0.840. The maximum atomic E-state index is 4.04. The molecule has 0 saturated carbocycles. The fourth-order valence-corrected chi connectivity index (χ4v) is 1.42. The van der Waals surface area contributed by atoms with Gasteiger partial charge in [-0.1, -0.05) is 94.9 Å². The lowest BCUT2D eigenvalue weighted by Crippen LogP contribution is -1.95. The topological polar surface area (TPSA) is 25.8 Å². The molecule has 1 aromatic rings.